The highest BCUT2D eigenvalue weighted by molar-refractivity contribution is 5.87. The predicted octanol–water partition coefficient (Wildman–Crippen LogP) is 7.00. The van der Waals surface area contributed by atoms with Gasteiger partial charge < -0.3 is 25.2 Å². The lowest BCUT2D eigenvalue weighted by Crippen LogP contribution is -2.67. The molecule has 0 saturated heterocycles. The third-order valence-electron chi connectivity index (χ3n) is 15.0. The number of aliphatic hydroxyl groups excluding tert-OH is 2. The molecule has 0 spiro atoms. The number of esters is 1. The number of hydrogen-bond donors (Lipinski definition) is 4. The van der Waals surface area contributed by atoms with E-state index in [9.17, 15) is 30.0 Å². The van der Waals surface area contributed by atoms with Crippen LogP contribution in [0.3, 0.4) is 0 Å². The van der Waals surface area contributed by atoms with Gasteiger partial charge in [0, 0.05) is 16.9 Å². The molecule has 5 aliphatic rings. The van der Waals surface area contributed by atoms with E-state index in [1.54, 1.807) is 30.3 Å². The zero-order valence-electron chi connectivity index (χ0n) is 28.3. The number of benzene rings is 1. The van der Waals surface area contributed by atoms with Gasteiger partial charge in [-0.25, -0.2) is 4.79 Å². The number of ether oxygens (including phenoxy) is 1. The lowest BCUT2D eigenvalue weighted by molar-refractivity contribution is -0.226. The van der Waals surface area contributed by atoms with Gasteiger partial charge >= 0.3 is 11.9 Å². The predicted molar refractivity (Wildman–Crippen MR) is 176 cm³/mol. The Kier molecular flexibility index (Phi) is 8.32. The number of carbonyl (C=O) groups excluding carboxylic acids is 1. The van der Waals surface area contributed by atoms with Crippen LogP contribution < -0.4 is 0 Å². The van der Waals surface area contributed by atoms with E-state index < -0.39 is 34.3 Å². The van der Waals surface area contributed by atoms with Crippen LogP contribution in [0.5, 0.6) is 5.75 Å². The van der Waals surface area contributed by atoms with E-state index >= 15 is 0 Å². The number of hydrogen-bond acceptors (Lipinski definition) is 6. The summed E-state index contributed by atoms with van der Waals surface area (Å²) in [4.78, 5) is 26.6. The molecule has 0 aliphatic heterocycles. The highest BCUT2D eigenvalue weighted by Crippen LogP contribution is 2.76. The molecule has 0 heterocycles. The van der Waals surface area contributed by atoms with E-state index in [0.29, 0.717) is 31.6 Å². The Bertz CT molecular complexity index is 1420. The summed E-state index contributed by atoms with van der Waals surface area (Å²) in [5.74, 6) is -0.0962. The van der Waals surface area contributed by atoms with Crippen LogP contribution >= 0.6 is 0 Å². The Morgan fingerprint density at radius 1 is 0.957 bits per heavy atom. The molecular formula is C39H54O7. The molecular weight excluding hydrogens is 580 g/mol. The van der Waals surface area contributed by atoms with Crippen molar-refractivity contribution in [1.82, 2.24) is 0 Å². The maximum Gasteiger partial charge on any atom is 0.330 e. The molecule has 11 unspecified atom stereocenters. The maximum absolute atomic E-state index is 13.4. The Hall–Kier alpha value is -2.64. The SMILES string of the molecule is CC1CCC2(C(=O)O)CCC3(COC(=O)C=Cc4ccc(O)cc4)C(=CCC4C5(C)CCC(O)C(C)(CO)C5CCC43C)C2C1C. The van der Waals surface area contributed by atoms with E-state index in [1.807, 2.05) is 0 Å². The first-order valence-electron chi connectivity index (χ1n) is 17.6. The second-order valence-corrected chi connectivity index (χ2v) is 16.6. The van der Waals surface area contributed by atoms with Gasteiger partial charge in [0.05, 0.1) is 18.1 Å². The lowest BCUT2D eigenvalue weighted by Gasteiger charge is -2.71. The molecule has 11 atom stereocenters. The van der Waals surface area contributed by atoms with Crippen molar-refractivity contribution in [2.75, 3.05) is 13.2 Å². The minimum atomic E-state index is -0.807. The summed E-state index contributed by atoms with van der Waals surface area (Å²) in [5.41, 5.74) is -0.288. The molecule has 1 aromatic carbocycles. The third-order valence-corrected chi connectivity index (χ3v) is 15.0. The molecule has 46 heavy (non-hydrogen) atoms. The van der Waals surface area contributed by atoms with Crippen molar-refractivity contribution in [1.29, 1.82) is 0 Å². The van der Waals surface area contributed by atoms with E-state index in [2.05, 4.69) is 40.7 Å². The van der Waals surface area contributed by atoms with Gasteiger partial charge in [0.2, 0.25) is 0 Å². The van der Waals surface area contributed by atoms with Gasteiger partial charge in [-0.3, -0.25) is 4.79 Å². The number of aliphatic hydroxyl groups is 2. The Morgan fingerprint density at radius 3 is 2.35 bits per heavy atom. The monoisotopic (exact) mass is 634 g/mol. The van der Waals surface area contributed by atoms with Crippen molar-refractivity contribution < 1.29 is 34.8 Å². The summed E-state index contributed by atoms with van der Waals surface area (Å²) in [7, 11) is 0. The van der Waals surface area contributed by atoms with Crippen LogP contribution in [0.1, 0.15) is 98.0 Å². The van der Waals surface area contributed by atoms with Crippen molar-refractivity contribution in [3.63, 3.8) is 0 Å². The summed E-state index contributed by atoms with van der Waals surface area (Å²) in [6.07, 6.45) is 11.9. The number of fused-ring (bicyclic) bond motifs is 7. The zero-order chi connectivity index (χ0) is 33.3. The fourth-order valence-electron chi connectivity index (χ4n) is 12.0. The summed E-state index contributed by atoms with van der Waals surface area (Å²) >= 11 is 0. The highest BCUT2D eigenvalue weighted by Gasteiger charge is 2.71. The molecule has 6 rings (SSSR count). The van der Waals surface area contributed by atoms with Gasteiger partial charge in [-0.2, -0.15) is 0 Å². The van der Waals surface area contributed by atoms with Gasteiger partial charge in [-0.15, -0.1) is 0 Å². The van der Waals surface area contributed by atoms with Crippen molar-refractivity contribution >= 4 is 18.0 Å². The highest BCUT2D eigenvalue weighted by atomic mass is 16.5. The Balaban J connectivity index is 1.42. The minimum absolute atomic E-state index is 0.0479. The van der Waals surface area contributed by atoms with E-state index in [-0.39, 0.29) is 53.5 Å². The number of phenols is 1. The van der Waals surface area contributed by atoms with Crippen molar-refractivity contribution in [2.24, 2.45) is 56.7 Å². The molecule has 0 amide bonds. The lowest BCUT2D eigenvalue weighted by atomic mass is 9.33. The molecule has 7 heteroatoms. The Morgan fingerprint density at radius 2 is 1.67 bits per heavy atom. The average molecular weight is 635 g/mol. The average Bonchev–Trinajstić information content (AvgIpc) is 3.03. The summed E-state index contributed by atoms with van der Waals surface area (Å²) in [6, 6.07) is 6.64. The fourth-order valence-corrected chi connectivity index (χ4v) is 12.0. The van der Waals surface area contributed by atoms with Gasteiger partial charge in [0.25, 0.3) is 0 Å². The number of phenolic OH excluding ortho intramolecular Hbond substituents is 1. The smallest absolute Gasteiger partial charge is 0.330 e. The topological polar surface area (TPSA) is 124 Å². The molecule has 0 bridgehead atoms. The van der Waals surface area contributed by atoms with Crippen molar-refractivity contribution in [2.45, 2.75) is 98.5 Å². The Labute approximate surface area is 274 Å². The van der Waals surface area contributed by atoms with Crippen LogP contribution in [-0.2, 0) is 14.3 Å². The molecule has 0 radical (unpaired) electrons. The van der Waals surface area contributed by atoms with Crippen LogP contribution in [0.15, 0.2) is 42.0 Å². The fraction of sp³-hybridized carbons (Fsp3) is 0.692. The van der Waals surface area contributed by atoms with Crippen molar-refractivity contribution in [3.05, 3.63) is 47.6 Å². The van der Waals surface area contributed by atoms with Gasteiger partial charge in [0.15, 0.2) is 0 Å². The van der Waals surface area contributed by atoms with Gasteiger partial charge in [0.1, 0.15) is 12.4 Å². The standard InChI is InChI=1S/C39H54O7/c1-24-14-19-38(34(44)45)20-21-39(23-46-32(43)13-8-26-6-9-27(41)10-7-26)28(33(38)25(24)2)11-12-30-35(3)17-16-31(42)36(4,22-40)29(35)15-18-37(30,39)5/h6-11,13,24-25,29-31,33,40-42H,12,14-23H2,1-5H3,(H,44,45). The molecule has 1 aromatic rings. The number of aromatic hydroxyl groups is 1. The second kappa shape index (κ2) is 11.5. The van der Waals surface area contributed by atoms with E-state index in [0.717, 1.165) is 37.7 Å². The minimum Gasteiger partial charge on any atom is -0.508 e. The molecule has 5 aliphatic carbocycles. The summed E-state index contributed by atoms with van der Waals surface area (Å²) in [6.45, 7) is 11.5. The molecule has 0 aromatic heterocycles. The van der Waals surface area contributed by atoms with Crippen LogP contribution in [0.25, 0.3) is 6.08 Å². The van der Waals surface area contributed by atoms with Crippen LogP contribution in [-0.4, -0.2) is 51.7 Å². The van der Waals surface area contributed by atoms with E-state index in [1.165, 1.54) is 11.6 Å². The number of allylic oxidation sites excluding steroid dienone is 1. The number of carboxylic acid groups (broad SMARTS) is 1. The largest absolute Gasteiger partial charge is 0.508 e. The molecule has 7 nitrogen and oxygen atoms in total. The first-order valence-corrected chi connectivity index (χ1v) is 17.6. The first-order chi connectivity index (χ1) is 21.7. The molecule has 4 fully saturated rings. The molecule has 252 valence electrons. The summed E-state index contributed by atoms with van der Waals surface area (Å²) in [5, 5.41) is 42.2. The van der Waals surface area contributed by atoms with E-state index in [4.69, 9.17) is 4.74 Å². The molecule has 4 saturated carbocycles. The molecule has 4 N–H and O–H groups in total. The second-order valence-electron chi connectivity index (χ2n) is 16.6. The quantitative estimate of drug-likeness (QED) is 0.151. The summed E-state index contributed by atoms with van der Waals surface area (Å²) < 4.78 is 6.24. The van der Waals surface area contributed by atoms with Crippen LogP contribution in [0.2, 0.25) is 0 Å². The zero-order valence-corrected chi connectivity index (χ0v) is 28.3. The van der Waals surface area contributed by atoms with Crippen LogP contribution in [0, 0.1) is 56.7 Å². The number of rotatable bonds is 6. The van der Waals surface area contributed by atoms with Crippen LogP contribution in [0.4, 0.5) is 0 Å². The third kappa shape index (κ3) is 4.65. The number of carbonyl (C=O) groups is 2. The van der Waals surface area contributed by atoms with Gasteiger partial charge in [-0.1, -0.05) is 58.4 Å². The normalized spacial score (nSPS) is 45.1. The first kappa shape index (κ1) is 33.3. The van der Waals surface area contributed by atoms with Gasteiger partial charge in [-0.05, 0) is 122 Å². The number of aliphatic carboxylic acids is 1. The number of carboxylic acids is 1. The van der Waals surface area contributed by atoms with Crippen molar-refractivity contribution in [3.8, 4) is 5.75 Å². The maximum atomic E-state index is 13.4.